The van der Waals surface area contributed by atoms with Crippen molar-refractivity contribution in [3.63, 3.8) is 0 Å². The van der Waals surface area contributed by atoms with Crippen molar-refractivity contribution in [3.8, 4) is 78.7 Å². The maximum atomic E-state index is 11.5. The number of hydrogen-bond acceptors (Lipinski definition) is 14. The molecule has 20 heteroatoms. The number of aryl methyl sites for hydroxylation is 5. The van der Waals surface area contributed by atoms with Crippen molar-refractivity contribution in [1.29, 1.82) is 0 Å². The zero-order chi connectivity index (χ0) is 102. The summed E-state index contributed by atoms with van der Waals surface area (Å²) in [7, 11) is 0. The zero-order valence-electron chi connectivity index (χ0n) is 85.0. The topological polar surface area (TPSA) is 227 Å². The molecular weight excluding hydrogens is 2890 g/mol. The van der Waals surface area contributed by atoms with Crippen LogP contribution in [0.25, 0.3) is 144 Å². The van der Waals surface area contributed by atoms with Gasteiger partial charge in [-0.05, 0) is 193 Å². The first-order valence-corrected chi connectivity index (χ1v) is 46.2. The number of aliphatic hydroxyl groups excluding tert-OH is 4. The summed E-state index contributed by atoms with van der Waals surface area (Å²) in [6, 6.07) is 138. The summed E-state index contributed by atoms with van der Waals surface area (Å²) in [6.45, 7) is 30.1. The van der Waals surface area contributed by atoms with E-state index in [0.717, 1.165) is 101 Å². The fraction of sp³-hybridized carbons (Fsp3) is 0.150. The van der Waals surface area contributed by atoms with E-state index in [-0.39, 0.29) is 172 Å². The number of hydrogen-bond donors (Lipinski definition) is 4. The molecule has 0 amide bonds. The SMILES string of the molecule is CC(=O)C=C(C)O.CC(=O)C=C(C)O.CC(=O)C=C(C)O.CC(C)(C)C(=O)C=C(O)C(C)(C)C.Cc1[c-]c(-c2ccc3ccccc3n2)cc(C)c1.Cc1ccc2ccc(-c3[c-]ccc(-c4ccccc4)c3)nc2c1.Cc1ccc2ccc(-c3[c-]cccc3)nc2c1.Cc1ccc2ccc(-c3[c-]cccc3)nc2c1.[Ir].[Ir].[Ir].[Ir].[Ir].[Ir].[c-]1ccccc1-c1ccc2ccccc2n1.[c-]1ccccc1-c1nccc2ccccc12. The normalized spacial score (nSPS) is 10.7. The van der Waals surface area contributed by atoms with Crippen molar-refractivity contribution in [2.45, 2.75) is 118 Å². The Balaban J connectivity index is 0.000000345. The molecule has 0 saturated carbocycles. The van der Waals surface area contributed by atoms with Crippen molar-refractivity contribution < 1.29 is 160 Å². The second kappa shape index (κ2) is 63.6. The fourth-order valence-corrected chi connectivity index (χ4v) is 14.0. The van der Waals surface area contributed by atoms with E-state index in [1.54, 1.807) is 0 Å². The average molecular weight is 3010 g/mol. The monoisotopic (exact) mass is 3010 g/mol. The smallest absolute Gasteiger partial charge is 0.164 e. The largest absolute Gasteiger partial charge is 0.512 e. The molecule has 764 valence electrons. The first kappa shape index (κ1) is 126. The number of aromatic nitrogens is 6. The van der Waals surface area contributed by atoms with Gasteiger partial charge in [-0.3, -0.25) is 44.1 Å². The van der Waals surface area contributed by atoms with Crippen LogP contribution in [0, 0.1) is 81.8 Å². The predicted molar refractivity (Wildman–Crippen MR) is 581 cm³/mol. The van der Waals surface area contributed by atoms with Crippen molar-refractivity contribution in [2.75, 3.05) is 0 Å². The van der Waals surface area contributed by atoms with Crippen molar-refractivity contribution in [3.05, 3.63) is 470 Å². The molecule has 0 aliphatic rings. The Kier molecular flexibility index (Phi) is 54.6. The number of benzene rings is 13. The summed E-state index contributed by atoms with van der Waals surface area (Å²) < 4.78 is 0. The number of aliphatic hydroxyl groups is 4. The maximum absolute atomic E-state index is 11.5. The third-order valence-electron chi connectivity index (χ3n) is 21.0. The van der Waals surface area contributed by atoms with Crippen LogP contribution in [0.3, 0.4) is 0 Å². The van der Waals surface area contributed by atoms with Gasteiger partial charge in [0.25, 0.3) is 0 Å². The molecule has 147 heavy (non-hydrogen) atoms. The summed E-state index contributed by atoms with van der Waals surface area (Å²) >= 11 is 0. The van der Waals surface area contributed by atoms with Gasteiger partial charge in [0.1, 0.15) is 5.76 Å². The quantitative estimate of drug-likeness (QED) is 0.0537. The van der Waals surface area contributed by atoms with E-state index in [0.29, 0.717) is 0 Å². The summed E-state index contributed by atoms with van der Waals surface area (Å²) in [4.78, 5) is 69.5. The minimum atomic E-state index is -0.417. The molecule has 13 aromatic carbocycles. The first-order chi connectivity index (χ1) is 67.5. The van der Waals surface area contributed by atoms with Crippen molar-refractivity contribution in [1.82, 2.24) is 29.9 Å². The Bertz CT molecular complexity index is 7360. The molecule has 14 nitrogen and oxygen atoms in total. The van der Waals surface area contributed by atoms with Gasteiger partial charge < -0.3 is 25.4 Å². The Hall–Kier alpha value is -12.9. The molecule has 6 heterocycles. The van der Waals surface area contributed by atoms with Crippen LogP contribution < -0.4 is 0 Å². The fourth-order valence-electron chi connectivity index (χ4n) is 14.0. The number of allylic oxidation sites excluding steroid dienone is 8. The third-order valence-corrected chi connectivity index (χ3v) is 21.0. The zero-order valence-corrected chi connectivity index (χ0v) is 99.3. The van der Waals surface area contributed by atoms with E-state index < -0.39 is 5.41 Å². The average Bonchev–Trinajstić information content (AvgIpc) is 0.787. The number of carbonyl (C=O) groups excluding carboxylic acids is 4. The number of rotatable bonds is 11. The van der Waals surface area contributed by atoms with Crippen LogP contribution in [0.1, 0.15) is 111 Å². The third kappa shape index (κ3) is 42.4. The summed E-state index contributed by atoms with van der Waals surface area (Å²) in [5.41, 5.74) is 25.0. The molecule has 0 bridgehead atoms. The summed E-state index contributed by atoms with van der Waals surface area (Å²) in [6.07, 6.45) is 6.68. The van der Waals surface area contributed by atoms with Gasteiger partial charge >= 0.3 is 0 Å². The van der Waals surface area contributed by atoms with Crippen LogP contribution in [0.5, 0.6) is 0 Å². The van der Waals surface area contributed by atoms with Gasteiger partial charge in [0.2, 0.25) is 0 Å². The minimum absolute atomic E-state index is 0. The molecule has 0 spiro atoms. The van der Waals surface area contributed by atoms with Crippen LogP contribution in [0.2, 0.25) is 0 Å². The number of para-hydroxylation sites is 2. The molecular formula is C127H118Ir6N6O8-6. The summed E-state index contributed by atoms with van der Waals surface area (Å²) in [5, 5.41) is 42.9. The van der Waals surface area contributed by atoms with Crippen LogP contribution >= 0.6 is 0 Å². The van der Waals surface area contributed by atoms with E-state index in [1.807, 2.05) is 230 Å². The molecule has 19 rings (SSSR count). The number of fused-ring (bicyclic) bond motifs is 6. The maximum Gasteiger partial charge on any atom is 0.164 e. The van der Waals surface area contributed by atoms with E-state index in [1.165, 1.54) is 137 Å². The standard InChI is InChI=1S/C22H16N.C17H14N.2C16H12N.2C15H10N.C11H20O2.3C5H8O2.6Ir/c1-16-10-11-18-12-13-21(23-22(18)14-16)20-9-5-8-19(15-20)17-6-3-2-4-7-17;1-12-9-13(2)11-15(10-12)17-8-7-14-5-3-4-6-16(14)18-17;2*1-12-7-8-14-9-10-15(17-16(14)11-12)13-5-3-2-4-6-13;1-2-7-13(8-3-1)15-14-9-5-4-6-12(14)10-11-16-15;1-2-6-12(7-3-1)15-11-10-13-8-4-5-9-14(13)16-15;1-10(2,3)8(12)7-9(13)11(4,5)6;3*1-4(6)3-5(2)7;;;;;;/h2-8,10-15H,1H3;3-10H,1-2H3;2*2-5,7-11H,1H3;1-7,9-11H;1-6,8-11H;7,12H,1-6H3;3*3,6H,1-2H3;;;;;;/q6*-1;;;;;;;;;;. The van der Waals surface area contributed by atoms with E-state index in [4.69, 9.17) is 25.3 Å². The Morgan fingerprint density at radius 2 is 0.599 bits per heavy atom. The molecule has 0 aliphatic carbocycles. The van der Waals surface area contributed by atoms with Gasteiger partial charge in [0, 0.05) is 162 Å². The predicted octanol–water partition coefficient (Wildman–Crippen LogP) is 31.6. The van der Waals surface area contributed by atoms with Crippen molar-refractivity contribution in [2.24, 2.45) is 10.8 Å². The van der Waals surface area contributed by atoms with Gasteiger partial charge in [-0.25, -0.2) is 0 Å². The number of nitrogens with zero attached hydrogens (tertiary/aromatic N) is 6. The number of ketones is 4. The van der Waals surface area contributed by atoms with Gasteiger partial charge in [0.05, 0.1) is 44.9 Å². The van der Waals surface area contributed by atoms with E-state index >= 15 is 0 Å². The number of carbonyl (C=O) groups is 4. The molecule has 0 fully saturated rings. The Morgan fingerprint density at radius 3 is 0.952 bits per heavy atom. The molecule has 4 N–H and O–H groups in total. The first-order valence-electron chi connectivity index (χ1n) is 46.2. The Labute approximate surface area is 946 Å². The number of pyridine rings is 6. The summed E-state index contributed by atoms with van der Waals surface area (Å²) in [5.74, 6) is -0.0835. The molecule has 6 radical (unpaired) electrons. The van der Waals surface area contributed by atoms with Gasteiger partial charge in [-0.2, -0.15) is 0 Å². The van der Waals surface area contributed by atoms with Crippen LogP contribution in [0.15, 0.2) is 405 Å². The van der Waals surface area contributed by atoms with Gasteiger partial charge in [0.15, 0.2) is 23.1 Å². The van der Waals surface area contributed by atoms with E-state index in [9.17, 15) is 24.3 Å². The van der Waals surface area contributed by atoms with Crippen LogP contribution in [-0.4, -0.2) is 73.5 Å². The molecule has 0 saturated heterocycles. The minimum Gasteiger partial charge on any atom is -0.512 e. The van der Waals surface area contributed by atoms with Gasteiger partial charge in [-0.15, -0.1) is 214 Å². The van der Waals surface area contributed by atoms with Gasteiger partial charge in [-0.1, -0.05) is 243 Å². The van der Waals surface area contributed by atoms with E-state index in [2.05, 4.69) is 261 Å². The second-order valence-electron chi connectivity index (χ2n) is 35.6. The van der Waals surface area contributed by atoms with Crippen molar-refractivity contribution >= 4 is 88.4 Å². The van der Waals surface area contributed by atoms with Crippen LogP contribution in [0.4, 0.5) is 0 Å². The molecule has 19 aromatic rings. The second-order valence-corrected chi connectivity index (χ2v) is 35.6. The molecule has 6 aromatic heterocycles. The Morgan fingerprint density at radius 1 is 0.272 bits per heavy atom. The molecule has 0 atom stereocenters. The van der Waals surface area contributed by atoms with Crippen LogP contribution in [-0.2, 0) is 140 Å². The molecule has 0 aliphatic heterocycles. The molecule has 0 unspecified atom stereocenters.